The van der Waals surface area contributed by atoms with E-state index in [-0.39, 0.29) is 17.9 Å². The van der Waals surface area contributed by atoms with Crippen LogP contribution >= 0.6 is 0 Å². The number of fused-ring (bicyclic) bond motifs is 1. The molecule has 134 valence electrons. The molecule has 0 saturated carbocycles. The minimum atomic E-state index is -0.163. The average molecular weight is 349 g/mol. The number of amides is 1. The lowest BCUT2D eigenvalue weighted by Crippen LogP contribution is -2.36. The number of hydrogen-bond donors (Lipinski definition) is 3. The third-order valence-electron chi connectivity index (χ3n) is 4.53. The van der Waals surface area contributed by atoms with Gasteiger partial charge in [-0.25, -0.2) is 0 Å². The maximum Gasteiger partial charge on any atom is 0.244 e. The Kier molecular flexibility index (Phi) is 5.07. The number of ether oxygens (including phenoxy) is 1. The molecule has 1 aliphatic heterocycles. The van der Waals surface area contributed by atoms with Crippen LogP contribution in [-0.4, -0.2) is 18.2 Å². The summed E-state index contributed by atoms with van der Waals surface area (Å²) in [6.07, 6.45) is 3.24. The fraction of sp³-hybridized carbons (Fsp3) is 0.238. The number of nitrogens with two attached hydrogens (primary N) is 1. The van der Waals surface area contributed by atoms with Gasteiger partial charge in [0.25, 0.3) is 0 Å². The summed E-state index contributed by atoms with van der Waals surface area (Å²) in [5.41, 5.74) is 9.45. The number of anilines is 1. The molecule has 0 bridgehead atoms. The number of carbonyl (C=O) groups excluding carboxylic acids is 1. The van der Waals surface area contributed by atoms with Crippen LogP contribution < -0.4 is 15.8 Å². The molecule has 1 heterocycles. The molecule has 1 amide bonds. The molecule has 2 atom stereocenters. The average Bonchev–Trinajstić information content (AvgIpc) is 2.62. The number of nitrogen functional groups attached to an aromatic ring is 1. The quantitative estimate of drug-likeness (QED) is 0.448. The molecular weight excluding hydrogens is 326 g/mol. The van der Waals surface area contributed by atoms with E-state index in [1.54, 1.807) is 25.1 Å². The molecule has 0 aromatic heterocycles. The van der Waals surface area contributed by atoms with Crippen LogP contribution in [0.4, 0.5) is 5.69 Å². The molecular formula is C21H23N3O2. The monoisotopic (exact) mass is 349 g/mol. The van der Waals surface area contributed by atoms with E-state index in [1.165, 1.54) is 6.08 Å². The van der Waals surface area contributed by atoms with E-state index >= 15 is 0 Å². The fourth-order valence-electron chi connectivity index (χ4n) is 3.11. The molecule has 0 fully saturated rings. The highest BCUT2D eigenvalue weighted by atomic mass is 16.5. The molecule has 2 aromatic rings. The van der Waals surface area contributed by atoms with Crippen LogP contribution in [0.25, 0.3) is 6.08 Å². The molecule has 1 unspecified atom stereocenters. The minimum Gasteiger partial charge on any atom is -0.493 e. The Bertz CT molecular complexity index is 873. The van der Waals surface area contributed by atoms with Gasteiger partial charge in [-0.1, -0.05) is 37.3 Å². The highest BCUT2D eigenvalue weighted by molar-refractivity contribution is 6.01. The zero-order valence-corrected chi connectivity index (χ0v) is 15.0. The lowest BCUT2D eigenvalue weighted by molar-refractivity contribution is -0.117. The Labute approximate surface area is 153 Å². The van der Waals surface area contributed by atoms with Crippen LogP contribution in [0.2, 0.25) is 0 Å². The lowest BCUT2D eigenvalue weighted by Gasteiger charge is -2.31. The SMILES string of the molecule is CC(=N)c1ccc(/C=C/C(=O)NC2c3ccccc3OC[C@H]2C)cc1N. The zero-order valence-electron chi connectivity index (χ0n) is 15.0. The first-order valence-electron chi connectivity index (χ1n) is 8.61. The van der Waals surface area contributed by atoms with Crippen LogP contribution in [0.3, 0.4) is 0 Å². The lowest BCUT2D eigenvalue weighted by atomic mass is 9.92. The van der Waals surface area contributed by atoms with E-state index in [1.807, 2.05) is 30.3 Å². The summed E-state index contributed by atoms with van der Waals surface area (Å²) < 4.78 is 5.72. The van der Waals surface area contributed by atoms with Gasteiger partial charge in [0.1, 0.15) is 5.75 Å². The van der Waals surface area contributed by atoms with Gasteiger partial charge in [-0.3, -0.25) is 4.79 Å². The van der Waals surface area contributed by atoms with Crippen LogP contribution in [0.5, 0.6) is 5.75 Å². The highest BCUT2D eigenvalue weighted by Gasteiger charge is 2.28. The molecule has 0 saturated heterocycles. The Morgan fingerprint density at radius 1 is 1.31 bits per heavy atom. The number of carbonyl (C=O) groups is 1. The van der Waals surface area contributed by atoms with Crippen LogP contribution in [-0.2, 0) is 4.79 Å². The molecule has 1 aliphatic rings. The molecule has 2 aromatic carbocycles. The summed E-state index contributed by atoms with van der Waals surface area (Å²) in [6.45, 7) is 4.33. The molecule has 3 rings (SSSR count). The van der Waals surface area contributed by atoms with E-state index in [4.69, 9.17) is 15.9 Å². The van der Waals surface area contributed by atoms with Crippen LogP contribution in [0.15, 0.2) is 48.5 Å². The van der Waals surface area contributed by atoms with Gasteiger partial charge >= 0.3 is 0 Å². The third-order valence-corrected chi connectivity index (χ3v) is 4.53. The van der Waals surface area contributed by atoms with Gasteiger partial charge in [-0.15, -0.1) is 0 Å². The maximum atomic E-state index is 12.4. The van der Waals surface area contributed by atoms with Gasteiger partial charge < -0.3 is 21.2 Å². The topological polar surface area (TPSA) is 88.2 Å². The van der Waals surface area contributed by atoms with Crippen molar-refractivity contribution in [1.29, 1.82) is 5.41 Å². The second kappa shape index (κ2) is 7.44. The van der Waals surface area contributed by atoms with Gasteiger partial charge in [-0.2, -0.15) is 0 Å². The molecule has 0 radical (unpaired) electrons. The Morgan fingerprint density at radius 3 is 2.81 bits per heavy atom. The smallest absolute Gasteiger partial charge is 0.244 e. The van der Waals surface area contributed by atoms with Crippen molar-refractivity contribution in [3.63, 3.8) is 0 Å². The summed E-state index contributed by atoms with van der Waals surface area (Å²) in [5, 5.41) is 10.7. The first kappa shape index (κ1) is 17.7. The van der Waals surface area contributed by atoms with E-state index in [2.05, 4.69) is 12.2 Å². The van der Waals surface area contributed by atoms with Crippen LogP contribution in [0.1, 0.15) is 36.6 Å². The third kappa shape index (κ3) is 3.77. The Morgan fingerprint density at radius 2 is 2.08 bits per heavy atom. The number of rotatable bonds is 4. The Hall–Kier alpha value is -3.08. The normalized spacial score (nSPS) is 18.8. The molecule has 0 spiro atoms. The first-order valence-corrected chi connectivity index (χ1v) is 8.61. The molecule has 26 heavy (non-hydrogen) atoms. The number of hydrogen-bond acceptors (Lipinski definition) is 4. The second-order valence-electron chi connectivity index (χ2n) is 6.62. The van der Waals surface area contributed by atoms with Crippen molar-refractivity contribution >= 4 is 23.4 Å². The van der Waals surface area contributed by atoms with Crippen molar-refractivity contribution in [3.05, 3.63) is 65.2 Å². The number of para-hydroxylation sites is 1. The summed E-state index contributed by atoms with van der Waals surface area (Å²) in [5.74, 6) is 0.849. The van der Waals surface area contributed by atoms with Crippen molar-refractivity contribution in [2.45, 2.75) is 19.9 Å². The van der Waals surface area contributed by atoms with Crippen molar-refractivity contribution < 1.29 is 9.53 Å². The number of benzene rings is 2. The molecule has 0 aliphatic carbocycles. The van der Waals surface area contributed by atoms with E-state index < -0.39 is 0 Å². The molecule has 5 heteroatoms. The van der Waals surface area contributed by atoms with Gasteiger partial charge in [0.2, 0.25) is 5.91 Å². The van der Waals surface area contributed by atoms with E-state index in [9.17, 15) is 4.79 Å². The van der Waals surface area contributed by atoms with E-state index in [0.29, 0.717) is 23.6 Å². The van der Waals surface area contributed by atoms with Crippen molar-refractivity contribution in [3.8, 4) is 5.75 Å². The fourth-order valence-corrected chi connectivity index (χ4v) is 3.11. The van der Waals surface area contributed by atoms with Crippen molar-refractivity contribution in [2.24, 2.45) is 5.92 Å². The van der Waals surface area contributed by atoms with Crippen molar-refractivity contribution in [2.75, 3.05) is 12.3 Å². The van der Waals surface area contributed by atoms with Gasteiger partial charge in [0.05, 0.1) is 12.6 Å². The predicted molar refractivity (Wildman–Crippen MR) is 104 cm³/mol. The summed E-state index contributed by atoms with van der Waals surface area (Å²) in [4.78, 5) is 12.4. The number of nitrogens with one attached hydrogen (secondary N) is 2. The molecule has 4 N–H and O–H groups in total. The minimum absolute atomic E-state index is 0.0786. The second-order valence-corrected chi connectivity index (χ2v) is 6.62. The first-order chi connectivity index (χ1) is 12.5. The highest BCUT2D eigenvalue weighted by Crippen LogP contribution is 2.34. The zero-order chi connectivity index (χ0) is 18.7. The van der Waals surface area contributed by atoms with Gasteiger partial charge in [0, 0.05) is 34.5 Å². The predicted octanol–water partition coefficient (Wildman–Crippen LogP) is 3.56. The van der Waals surface area contributed by atoms with Crippen LogP contribution in [0, 0.1) is 11.3 Å². The van der Waals surface area contributed by atoms with Gasteiger partial charge in [0.15, 0.2) is 0 Å². The standard InChI is InChI=1S/C21H23N3O2/c1-13-12-26-19-6-4-3-5-17(19)21(13)24-20(25)10-8-15-7-9-16(14(2)22)18(23)11-15/h3-11,13,21-22H,12,23H2,1-2H3,(H,24,25)/b10-8+,22-14?/t13-,21?/m1/s1. The van der Waals surface area contributed by atoms with Gasteiger partial charge in [-0.05, 0) is 30.7 Å². The largest absolute Gasteiger partial charge is 0.493 e. The summed E-state index contributed by atoms with van der Waals surface area (Å²) in [7, 11) is 0. The van der Waals surface area contributed by atoms with Crippen molar-refractivity contribution in [1.82, 2.24) is 5.32 Å². The molecule has 5 nitrogen and oxygen atoms in total. The Balaban J connectivity index is 1.72. The maximum absolute atomic E-state index is 12.4. The summed E-state index contributed by atoms with van der Waals surface area (Å²) in [6, 6.07) is 13.1. The van der Waals surface area contributed by atoms with E-state index in [0.717, 1.165) is 16.9 Å². The summed E-state index contributed by atoms with van der Waals surface area (Å²) >= 11 is 0.